The van der Waals surface area contributed by atoms with Gasteiger partial charge in [0.15, 0.2) is 0 Å². The number of hydrogen-bond donors (Lipinski definition) is 2. The molecule has 0 fully saturated rings. The summed E-state index contributed by atoms with van der Waals surface area (Å²) >= 11 is 0. The van der Waals surface area contributed by atoms with Gasteiger partial charge in [0.1, 0.15) is 11.5 Å². The Kier molecular flexibility index (Phi) is 16.1. The van der Waals surface area contributed by atoms with E-state index in [0.717, 1.165) is 33.6 Å². The van der Waals surface area contributed by atoms with Gasteiger partial charge in [0.25, 0.3) is 0 Å². The monoisotopic (exact) mass is 668 g/mol. The molecular weight excluding hydrogens is 631 g/mol. The van der Waals surface area contributed by atoms with Crippen molar-refractivity contribution in [3.8, 4) is 11.5 Å². The number of aliphatic imine (C=N–C) groups is 2. The molecule has 0 saturated heterocycles. The van der Waals surface area contributed by atoms with Gasteiger partial charge in [-0.1, -0.05) is 102 Å². The van der Waals surface area contributed by atoms with E-state index in [-0.39, 0.29) is 61.8 Å². The molecule has 4 rings (SSSR count). The molecule has 0 aliphatic carbocycles. The van der Waals surface area contributed by atoms with Crippen molar-refractivity contribution in [2.45, 2.75) is 52.4 Å². The molecule has 0 aliphatic heterocycles. The number of hydrogen-bond acceptors (Lipinski definition) is 4. The number of halogens is 2. The zero-order valence-electron chi connectivity index (χ0n) is 24.5. The average molecular weight is 671 g/mol. The number of phenols is 2. The molecule has 4 aromatic carbocycles. The van der Waals surface area contributed by atoms with Crippen LogP contribution in [0.2, 0.25) is 0 Å². The molecule has 0 atom stereocenters. The predicted octanol–water partition coefficient (Wildman–Crippen LogP) is 9.72. The summed E-state index contributed by atoms with van der Waals surface area (Å²) in [7, 11) is 0. The standard InChI is InChI=1S/2C17H19NO.2ClH.Zr/c2*1-17(2,3)15-11-7-8-13(16(15)19)12-18-14-9-5-4-6-10-14;;;/h2*4-12,19H,1-3H3;2*1H;. The Morgan fingerprint density at radius 3 is 1.10 bits per heavy atom. The number of phenolic OH excluding ortho intramolecular Hbond substituents is 2. The molecule has 2 N–H and O–H groups in total. The third-order valence-corrected chi connectivity index (χ3v) is 5.97. The zero-order chi connectivity index (χ0) is 27.8. The second kappa shape index (κ2) is 17.3. The molecule has 0 unspecified atom stereocenters. The van der Waals surface area contributed by atoms with Crippen LogP contribution in [0, 0.1) is 0 Å². The number of aromatic hydroxyl groups is 2. The molecule has 0 aliphatic rings. The van der Waals surface area contributed by atoms with E-state index in [0.29, 0.717) is 11.5 Å². The fourth-order valence-electron chi connectivity index (χ4n) is 3.86. The molecule has 0 spiro atoms. The molecule has 0 heterocycles. The summed E-state index contributed by atoms with van der Waals surface area (Å²) in [6.45, 7) is 12.5. The largest absolute Gasteiger partial charge is 0.507 e. The van der Waals surface area contributed by atoms with Gasteiger partial charge in [0.2, 0.25) is 0 Å². The maximum absolute atomic E-state index is 10.3. The van der Waals surface area contributed by atoms with Crippen molar-refractivity contribution in [1.29, 1.82) is 0 Å². The van der Waals surface area contributed by atoms with Gasteiger partial charge in [0.05, 0.1) is 11.4 Å². The fraction of sp³-hybridized carbons (Fsp3) is 0.235. The first-order valence-electron chi connectivity index (χ1n) is 12.8. The molecule has 216 valence electrons. The Balaban J connectivity index is 0.000000727. The smallest absolute Gasteiger partial charge is 0.128 e. The molecule has 0 amide bonds. The number of rotatable bonds is 4. The van der Waals surface area contributed by atoms with E-state index in [2.05, 4.69) is 51.5 Å². The molecule has 0 saturated carbocycles. The minimum Gasteiger partial charge on any atom is -0.507 e. The van der Waals surface area contributed by atoms with Crippen molar-refractivity contribution in [3.63, 3.8) is 0 Å². The minimum absolute atomic E-state index is 0. The number of benzene rings is 4. The van der Waals surface area contributed by atoms with Crippen LogP contribution in [0.3, 0.4) is 0 Å². The minimum atomic E-state index is -0.0827. The number of nitrogens with zero attached hydrogens (tertiary/aromatic N) is 2. The third kappa shape index (κ3) is 11.6. The van der Waals surface area contributed by atoms with E-state index in [1.807, 2.05) is 97.1 Å². The quantitative estimate of drug-likeness (QED) is 0.212. The summed E-state index contributed by atoms with van der Waals surface area (Å²) < 4.78 is 0. The van der Waals surface area contributed by atoms with E-state index in [4.69, 9.17) is 0 Å². The van der Waals surface area contributed by atoms with Gasteiger partial charge in [-0.25, -0.2) is 0 Å². The van der Waals surface area contributed by atoms with Crippen LogP contribution >= 0.6 is 24.8 Å². The van der Waals surface area contributed by atoms with E-state index in [1.54, 1.807) is 12.4 Å². The fourth-order valence-corrected chi connectivity index (χ4v) is 3.86. The van der Waals surface area contributed by atoms with Crippen LogP contribution in [0.4, 0.5) is 11.4 Å². The molecule has 4 nitrogen and oxygen atoms in total. The SMILES string of the molecule is CC(C)(C)c1cccc(C=Nc2ccccc2)c1O.CC(C)(C)c1cccc(C=Nc2ccccc2)c1O.Cl.Cl.[Zr]. The molecule has 4 aromatic rings. The van der Waals surface area contributed by atoms with Gasteiger partial charge in [-0.15, -0.1) is 24.8 Å². The van der Waals surface area contributed by atoms with Gasteiger partial charge in [-0.2, -0.15) is 0 Å². The van der Waals surface area contributed by atoms with Crippen LogP contribution < -0.4 is 0 Å². The predicted molar refractivity (Wildman–Crippen MR) is 176 cm³/mol. The van der Waals surface area contributed by atoms with E-state index in [1.165, 1.54) is 0 Å². The van der Waals surface area contributed by atoms with Crippen LogP contribution in [0.5, 0.6) is 11.5 Å². The van der Waals surface area contributed by atoms with Crippen LogP contribution in [0.25, 0.3) is 0 Å². The van der Waals surface area contributed by atoms with E-state index in [9.17, 15) is 10.2 Å². The van der Waals surface area contributed by atoms with Crippen LogP contribution in [-0.2, 0) is 37.0 Å². The Morgan fingerprint density at radius 1 is 0.488 bits per heavy atom. The molecule has 7 heteroatoms. The van der Waals surface area contributed by atoms with Gasteiger partial charge in [-0.05, 0) is 58.4 Å². The van der Waals surface area contributed by atoms with Gasteiger partial charge < -0.3 is 10.2 Å². The molecule has 0 bridgehead atoms. The first-order chi connectivity index (χ1) is 18.0. The Bertz CT molecular complexity index is 1290. The maximum atomic E-state index is 10.3. The normalized spacial score (nSPS) is 11.1. The summed E-state index contributed by atoms with van der Waals surface area (Å²) in [6.07, 6.45) is 3.42. The van der Waals surface area contributed by atoms with Crippen molar-refractivity contribution < 1.29 is 36.4 Å². The second-order valence-electron chi connectivity index (χ2n) is 11.2. The van der Waals surface area contributed by atoms with Crippen molar-refractivity contribution in [2.24, 2.45) is 9.98 Å². The van der Waals surface area contributed by atoms with Crippen LogP contribution in [0.1, 0.15) is 63.8 Å². The molecule has 0 aromatic heterocycles. The van der Waals surface area contributed by atoms with E-state index >= 15 is 0 Å². The van der Waals surface area contributed by atoms with Gasteiger partial charge >= 0.3 is 0 Å². The van der Waals surface area contributed by atoms with Crippen molar-refractivity contribution >= 4 is 48.6 Å². The first kappa shape index (κ1) is 38.3. The Hall–Kier alpha value is -2.72. The summed E-state index contributed by atoms with van der Waals surface area (Å²) in [6, 6.07) is 31.0. The molecule has 41 heavy (non-hydrogen) atoms. The number of para-hydroxylation sites is 4. The van der Waals surface area contributed by atoms with Gasteiger partial charge in [-0.3, -0.25) is 9.98 Å². The summed E-state index contributed by atoms with van der Waals surface area (Å²) in [5.74, 6) is 0.629. The average Bonchev–Trinajstić information content (AvgIpc) is 2.88. The van der Waals surface area contributed by atoms with Crippen LogP contribution in [-0.4, -0.2) is 22.6 Å². The second-order valence-corrected chi connectivity index (χ2v) is 11.2. The van der Waals surface area contributed by atoms with Crippen LogP contribution in [0.15, 0.2) is 107 Å². The van der Waals surface area contributed by atoms with Crippen molar-refractivity contribution in [1.82, 2.24) is 0 Å². The van der Waals surface area contributed by atoms with Crippen molar-refractivity contribution in [2.75, 3.05) is 0 Å². The molecular formula is C34H40Cl2N2O2Zr. The first-order valence-corrected chi connectivity index (χ1v) is 12.8. The zero-order valence-corrected chi connectivity index (χ0v) is 28.6. The molecule has 0 radical (unpaired) electrons. The summed E-state index contributed by atoms with van der Waals surface area (Å²) in [5, 5.41) is 20.6. The van der Waals surface area contributed by atoms with Crippen molar-refractivity contribution in [3.05, 3.63) is 119 Å². The van der Waals surface area contributed by atoms with Gasteiger partial charge in [0, 0.05) is 49.8 Å². The topological polar surface area (TPSA) is 65.2 Å². The Morgan fingerprint density at radius 2 is 0.805 bits per heavy atom. The maximum Gasteiger partial charge on any atom is 0.128 e. The summed E-state index contributed by atoms with van der Waals surface area (Å²) in [5.41, 5.74) is 4.95. The summed E-state index contributed by atoms with van der Waals surface area (Å²) in [4.78, 5) is 8.75. The Labute approximate surface area is 276 Å². The third-order valence-electron chi connectivity index (χ3n) is 5.97. The van der Waals surface area contributed by atoms with E-state index < -0.39 is 0 Å².